The van der Waals surface area contributed by atoms with Gasteiger partial charge in [0, 0.05) is 43.7 Å². The lowest BCUT2D eigenvalue weighted by Crippen LogP contribution is -2.12. The van der Waals surface area contributed by atoms with Gasteiger partial charge in [0.2, 0.25) is 0 Å². The van der Waals surface area contributed by atoms with Crippen LogP contribution in [0.2, 0.25) is 0 Å². The highest BCUT2D eigenvalue weighted by atomic mass is 16.3. The zero-order valence-electron chi connectivity index (χ0n) is 28.7. The Kier molecular flexibility index (Phi) is 6.55. The first kappa shape index (κ1) is 29.6. The van der Waals surface area contributed by atoms with Crippen LogP contribution in [-0.2, 0) is 0 Å². The summed E-state index contributed by atoms with van der Waals surface area (Å²) in [6, 6.07) is 66.7. The van der Waals surface area contributed by atoms with Crippen molar-refractivity contribution in [3.05, 3.63) is 188 Å². The predicted molar refractivity (Wildman–Crippen MR) is 222 cm³/mol. The van der Waals surface area contributed by atoms with Crippen LogP contribution in [0.1, 0.15) is 0 Å². The lowest BCUT2D eigenvalue weighted by molar-refractivity contribution is 0.669. The number of hydrogen-bond acceptors (Lipinski definition) is 3. The molecular formula is C50H31NO2. The summed E-state index contributed by atoms with van der Waals surface area (Å²) in [6.45, 7) is 0. The second-order valence-electron chi connectivity index (χ2n) is 13.6. The predicted octanol–water partition coefficient (Wildman–Crippen LogP) is 14.6. The molecule has 53 heavy (non-hydrogen) atoms. The smallest absolute Gasteiger partial charge is 0.159 e. The van der Waals surface area contributed by atoms with Crippen molar-refractivity contribution in [3.8, 4) is 22.3 Å². The Balaban J connectivity index is 1.22. The third-order valence-corrected chi connectivity index (χ3v) is 10.7. The molecule has 9 aromatic carbocycles. The van der Waals surface area contributed by atoms with E-state index in [1.165, 1.54) is 21.7 Å². The van der Waals surface area contributed by atoms with Gasteiger partial charge < -0.3 is 13.7 Å². The average molecular weight is 678 g/mol. The van der Waals surface area contributed by atoms with Crippen LogP contribution in [0.3, 0.4) is 0 Å². The summed E-state index contributed by atoms with van der Waals surface area (Å²) in [5.74, 6) is 0. The summed E-state index contributed by atoms with van der Waals surface area (Å²) in [7, 11) is 0. The van der Waals surface area contributed by atoms with Gasteiger partial charge in [-0.15, -0.1) is 0 Å². The Morgan fingerprint density at radius 3 is 1.53 bits per heavy atom. The second kappa shape index (κ2) is 11.7. The third kappa shape index (κ3) is 4.54. The lowest BCUT2D eigenvalue weighted by atomic mass is 9.90. The van der Waals surface area contributed by atoms with Crippen molar-refractivity contribution in [3.63, 3.8) is 0 Å². The monoisotopic (exact) mass is 677 g/mol. The van der Waals surface area contributed by atoms with Gasteiger partial charge in [-0.1, -0.05) is 158 Å². The maximum Gasteiger partial charge on any atom is 0.159 e. The minimum absolute atomic E-state index is 0.848. The van der Waals surface area contributed by atoms with Gasteiger partial charge in [-0.3, -0.25) is 0 Å². The van der Waals surface area contributed by atoms with E-state index in [4.69, 9.17) is 8.83 Å². The van der Waals surface area contributed by atoms with E-state index < -0.39 is 0 Å². The van der Waals surface area contributed by atoms with Gasteiger partial charge in [-0.2, -0.15) is 0 Å². The molecule has 0 spiro atoms. The van der Waals surface area contributed by atoms with Crippen molar-refractivity contribution in [1.82, 2.24) is 0 Å². The zero-order chi connectivity index (χ0) is 34.9. The van der Waals surface area contributed by atoms with Crippen molar-refractivity contribution in [2.75, 3.05) is 4.90 Å². The Hall–Kier alpha value is -7.10. The van der Waals surface area contributed by atoms with Crippen LogP contribution in [0.5, 0.6) is 0 Å². The van der Waals surface area contributed by atoms with Crippen molar-refractivity contribution in [2.45, 2.75) is 0 Å². The van der Waals surface area contributed by atoms with Crippen molar-refractivity contribution in [2.24, 2.45) is 0 Å². The molecule has 2 heterocycles. The Labute approximate surface area is 305 Å². The molecular weight excluding hydrogens is 647 g/mol. The number of fused-ring (bicyclic) bond motifs is 9. The maximum atomic E-state index is 6.77. The number of rotatable bonds is 5. The molecule has 0 atom stereocenters. The number of nitrogens with zero attached hydrogens (tertiary/aromatic N) is 1. The lowest BCUT2D eigenvalue weighted by Gasteiger charge is -2.30. The van der Waals surface area contributed by atoms with E-state index in [0.29, 0.717) is 0 Å². The molecule has 0 radical (unpaired) electrons. The standard InChI is InChI=1S/C50H31NO2/c1-2-14-33(15-3-1)47-40-20-6-4-16-36(40)37-17-5-7-21-41(37)48(47)51(44-25-13-24-43-39-19-9-11-27-46(39)53-50(43)44)34-30-28-32(29-31-34)35-22-12-23-42-38-18-8-10-26-45(38)52-49(35)42/h1-31H. The van der Waals surface area contributed by atoms with E-state index in [-0.39, 0.29) is 0 Å². The molecule has 0 amide bonds. The number of anilines is 3. The first-order valence-electron chi connectivity index (χ1n) is 18.0. The fourth-order valence-corrected chi connectivity index (χ4v) is 8.31. The van der Waals surface area contributed by atoms with Crippen LogP contribution in [-0.4, -0.2) is 0 Å². The van der Waals surface area contributed by atoms with E-state index in [1.807, 2.05) is 18.2 Å². The van der Waals surface area contributed by atoms with E-state index in [9.17, 15) is 0 Å². The normalized spacial score (nSPS) is 11.8. The van der Waals surface area contributed by atoms with Gasteiger partial charge in [-0.25, -0.2) is 0 Å². The molecule has 0 fully saturated rings. The average Bonchev–Trinajstić information content (AvgIpc) is 3.81. The van der Waals surface area contributed by atoms with E-state index in [2.05, 4.69) is 175 Å². The molecule has 2 aromatic heterocycles. The van der Waals surface area contributed by atoms with Gasteiger partial charge in [0.1, 0.15) is 16.7 Å². The summed E-state index contributed by atoms with van der Waals surface area (Å²) < 4.78 is 13.2. The fourth-order valence-electron chi connectivity index (χ4n) is 8.31. The summed E-state index contributed by atoms with van der Waals surface area (Å²) in [5, 5.41) is 9.22. The number of furan rings is 2. The number of para-hydroxylation sites is 4. The molecule has 248 valence electrons. The number of hydrogen-bond donors (Lipinski definition) is 0. The van der Waals surface area contributed by atoms with Gasteiger partial charge in [0.15, 0.2) is 5.58 Å². The van der Waals surface area contributed by atoms with Crippen molar-refractivity contribution in [1.29, 1.82) is 0 Å². The van der Waals surface area contributed by atoms with Gasteiger partial charge in [-0.05, 0) is 57.6 Å². The molecule has 3 heteroatoms. The first-order chi connectivity index (χ1) is 26.3. The van der Waals surface area contributed by atoms with Crippen molar-refractivity contribution >= 4 is 82.5 Å². The molecule has 0 aliphatic carbocycles. The summed E-state index contributed by atoms with van der Waals surface area (Å²) in [5.41, 5.74) is 11.1. The Morgan fingerprint density at radius 1 is 0.321 bits per heavy atom. The highest BCUT2D eigenvalue weighted by molar-refractivity contribution is 6.23. The van der Waals surface area contributed by atoms with Crippen LogP contribution < -0.4 is 4.90 Å². The minimum atomic E-state index is 0.848. The highest BCUT2D eigenvalue weighted by Crippen LogP contribution is 2.51. The summed E-state index contributed by atoms with van der Waals surface area (Å²) >= 11 is 0. The van der Waals surface area contributed by atoms with E-state index >= 15 is 0 Å². The molecule has 0 aliphatic heterocycles. The van der Waals surface area contributed by atoms with E-state index in [0.717, 1.165) is 83.0 Å². The van der Waals surface area contributed by atoms with Crippen molar-refractivity contribution < 1.29 is 8.83 Å². The largest absolute Gasteiger partial charge is 0.455 e. The second-order valence-corrected chi connectivity index (χ2v) is 13.6. The first-order valence-corrected chi connectivity index (χ1v) is 18.0. The minimum Gasteiger partial charge on any atom is -0.455 e. The van der Waals surface area contributed by atoms with Crippen LogP contribution in [0.15, 0.2) is 197 Å². The third-order valence-electron chi connectivity index (χ3n) is 10.7. The van der Waals surface area contributed by atoms with Gasteiger partial charge in [0.05, 0.1) is 11.4 Å². The van der Waals surface area contributed by atoms with Crippen LogP contribution in [0, 0.1) is 0 Å². The molecule has 0 bridgehead atoms. The maximum absolute atomic E-state index is 6.77. The summed E-state index contributed by atoms with van der Waals surface area (Å²) in [6.07, 6.45) is 0. The Bertz CT molecular complexity index is 3170. The molecule has 0 aliphatic rings. The molecule has 11 aromatic rings. The van der Waals surface area contributed by atoms with Gasteiger partial charge in [0.25, 0.3) is 0 Å². The van der Waals surface area contributed by atoms with E-state index in [1.54, 1.807) is 0 Å². The van der Waals surface area contributed by atoms with Crippen LogP contribution in [0.25, 0.3) is 87.7 Å². The topological polar surface area (TPSA) is 29.5 Å². The quantitative estimate of drug-likeness (QED) is 0.170. The molecule has 0 saturated carbocycles. The summed E-state index contributed by atoms with van der Waals surface area (Å²) in [4.78, 5) is 2.41. The molecule has 11 rings (SSSR count). The number of benzene rings is 9. The molecule has 0 N–H and O–H groups in total. The zero-order valence-corrected chi connectivity index (χ0v) is 28.7. The van der Waals surface area contributed by atoms with Crippen LogP contribution >= 0.6 is 0 Å². The fraction of sp³-hybridized carbons (Fsp3) is 0. The Morgan fingerprint density at radius 2 is 0.830 bits per heavy atom. The van der Waals surface area contributed by atoms with Gasteiger partial charge >= 0.3 is 0 Å². The molecule has 3 nitrogen and oxygen atoms in total. The SMILES string of the molecule is c1ccc(-c2c(N(c3ccc(-c4cccc5c4oc4ccccc45)cc3)c3cccc4c3oc3ccccc34)c3ccccc3c3ccccc23)cc1. The highest BCUT2D eigenvalue weighted by Gasteiger charge is 2.26. The van der Waals surface area contributed by atoms with Crippen LogP contribution in [0.4, 0.5) is 17.1 Å². The molecule has 0 saturated heterocycles. The molecule has 0 unspecified atom stereocenters.